The Hall–Kier alpha value is -4.02. The van der Waals surface area contributed by atoms with E-state index in [4.69, 9.17) is 0 Å². The molecule has 33 heavy (non-hydrogen) atoms. The van der Waals surface area contributed by atoms with Gasteiger partial charge in [0.2, 0.25) is 11.8 Å². The van der Waals surface area contributed by atoms with Gasteiger partial charge >= 0.3 is 0 Å². The Morgan fingerprint density at radius 3 is 2.39 bits per heavy atom. The van der Waals surface area contributed by atoms with E-state index in [1.165, 1.54) is 19.1 Å². The summed E-state index contributed by atoms with van der Waals surface area (Å²) in [6.45, 7) is 3.88. The van der Waals surface area contributed by atoms with E-state index >= 15 is 0 Å². The van der Waals surface area contributed by atoms with Crippen molar-refractivity contribution in [2.75, 3.05) is 37.6 Å². The number of carbonyl (C=O) groups excluding carboxylic acids is 3. The minimum Gasteiger partial charge on any atom is -0.362 e. The second-order valence-electron chi connectivity index (χ2n) is 7.59. The zero-order chi connectivity index (χ0) is 23.8. The van der Waals surface area contributed by atoms with Gasteiger partial charge in [-0.15, -0.1) is 0 Å². The molecule has 0 unspecified atom stereocenters. The molecule has 1 aliphatic rings. The second-order valence-corrected chi connectivity index (χ2v) is 7.59. The summed E-state index contributed by atoms with van der Waals surface area (Å²) in [4.78, 5) is 54.5. The number of hydrogen-bond acceptors (Lipinski definition) is 7. The van der Waals surface area contributed by atoms with Crippen molar-refractivity contribution in [1.29, 1.82) is 0 Å². The number of benzene rings is 1. The molecule has 0 atom stereocenters. The molecule has 3 rings (SSSR count). The number of nitro benzene ring substituents is 1. The maximum absolute atomic E-state index is 12.5. The molecular formula is C22H26N6O5. The number of piperazine rings is 1. The van der Waals surface area contributed by atoms with Crippen LogP contribution in [-0.4, -0.2) is 65.3 Å². The fourth-order valence-electron chi connectivity index (χ4n) is 3.52. The molecule has 3 amide bonds. The molecule has 1 aliphatic heterocycles. The second kappa shape index (κ2) is 11.0. The van der Waals surface area contributed by atoms with E-state index in [1.54, 1.807) is 35.5 Å². The van der Waals surface area contributed by atoms with Gasteiger partial charge in [0.25, 0.3) is 11.6 Å². The van der Waals surface area contributed by atoms with Crippen LogP contribution in [0.3, 0.4) is 0 Å². The average molecular weight is 454 g/mol. The highest BCUT2D eigenvalue weighted by atomic mass is 16.6. The highest BCUT2D eigenvalue weighted by Crippen LogP contribution is 2.30. The molecule has 0 saturated carbocycles. The molecule has 11 heteroatoms. The molecule has 174 valence electrons. The minimum atomic E-state index is -0.518. The molecule has 2 aromatic rings. The molecule has 2 heterocycles. The molecule has 2 N–H and O–H groups in total. The first-order chi connectivity index (χ1) is 15.8. The third-order valence-electron chi connectivity index (χ3n) is 5.38. The molecular weight excluding hydrogens is 428 g/mol. The van der Waals surface area contributed by atoms with Gasteiger partial charge in [-0.1, -0.05) is 0 Å². The van der Waals surface area contributed by atoms with E-state index in [0.717, 1.165) is 5.56 Å². The van der Waals surface area contributed by atoms with Crippen LogP contribution >= 0.6 is 0 Å². The lowest BCUT2D eigenvalue weighted by atomic mass is 10.1. The van der Waals surface area contributed by atoms with Crippen LogP contribution in [0.5, 0.6) is 0 Å². The van der Waals surface area contributed by atoms with Crippen LogP contribution in [-0.2, 0) is 16.1 Å². The number of nitro groups is 1. The van der Waals surface area contributed by atoms with Gasteiger partial charge in [0.05, 0.1) is 4.92 Å². The zero-order valence-electron chi connectivity index (χ0n) is 18.3. The van der Waals surface area contributed by atoms with Crippen LogP contribution in [0.15, 0.2) is 42.7 Å². The Morgan fingerprint density at radius 2 is 1.76 bits per heavy atom. The topological polar surface area (TPSA) is 138 Å². The third-order valence-corrected chi connectivity index (χ3v) is 5.38. The number of anilines is 1. The number of amides is 3. The number of aromatic nitrogens is 1. The van der Waals surface area contributed by atoms with Gasteiger partial charge in [-0.25, -0.2) is 0 Å². The van der Waals surface area contributed by atoms with Gasteiger partial charge in [0.1, 0.15) is 5.69 Å². The van der Waals surface area contributed by atoms with E-state index in [-0.39, 0.29) is 36.0 Å². The highest BCUT2D eigenvalue weighted by Gasteiger charge is 2.25. The van der Waals surface area contributed by atoms with Gasteiger partial charge in [-0.05, 0) is 29.8 Å². The van der Waals surface area contributed by atoms with Gasteiger partial charge in [0, 0.05) is 76.6 Å². The van der Waals surface area contributed by atoms with Crippen molar-refractivity contribution >= 4 is 29.1 Å². The average Bonchev–Trinajstić information content (AvgIpc) is 2.83. The van der Waals surface area contributed by atoms with Gasteiger partial charge in [-0.3, -0.25) is 29.5 Å². The fraction of sp³-hybridized carbons (Fsp3) is 0.364. The minimum absolute atomic E-state index is 0.0257. The molecule has 1 fully saturated rings. The Labute approximate surface area is 190 Å². The van der Waals surface area contributed by atoms with Crippen molar-refractivity contribution in [3.05, 3.63) is 64.0 Å². The Kier molecular flexibility index (Phi) is 7.90. The molecule has 1 aromatic heterocycles. The Balaban J connectivity index is 1.54. The van der Waals surface area contributed by atoms with Gasteiger partial charge in [-0.2, -0.15) is 0 Å². The lowest BCUT2D eigenvalue weighted by molar-refractivity contribution is -0.384. The summed E-state index contributed by atoms with van der Waals surface area (Å²) in [6.07, 6.45) is 3.36. The van der Waals surface area contributed by atoms with E-state index < -0.39 is 10.8 Å². The standard InChI is InChI=1S/C22H26N6O5/c1-16(29)26-10-12-27(13-11-26)19-3-2-18(14-20(19)28(32)33)22(31)24-9-6-21(30)25-15-17-4-7-23-8-5-17/h2-5,7-8,14H,6,9-13,15H2,1H3,(H,24,31)(H,25,30). The van der Waals surface area contributed by atoms with Crippen LogP contribution < -0.4 is 15.5 Å². The van der Waals surface area contributed by atoms with E-state index in [0.29, 0.717) is 38.4 Å². The number of hydrogen-bond donors (Lipinski definition) is 2. The molecule has 0 spiro atoms. The van der Waals surface area contributed by atoms with Gasteiger partial charge < -0.3 is 20.4 Å². The monoisotopic (exact) mass is 454 g/mol. The number of nitrogens with zero attached hydrogens (tertiary/aromatic N) is 4. The van der Waals surface area contributed by atoms with E-state index in [9.17, 15) is 24.5 Å². The summed E-state index contributed by atoms with van der Waals surface area (Å²) in [5.74, 6) is -0.742. The first-order valence-corrected chi connectivity index (χ1v) is 10.6. The van der Waals surface area contributed by atoms with Crippen molar-refractivity contribution in [1.82, 2.24) is 20.5 Å². The molecule has 0 aliphatic carbocycles. The summed E-state index contributed by atoms with van der Waals surface area (Å²) in [5, 5.41) is 17.0. The van der Waals surface area contributed by atoms with Crippen LogP contribution in [0.25, 0.3) is 0 Å². The molecule has 11 nitrogen and oxygen atoms in total. The Morgan fingerprint density at radius 1 is 1.06 bits per heavy atom. The maximum atomic E-state index is 12.5. The van der Waals surface area contributed by atoms with Crippen LogP contribution in [0, 0.1) is 10.1 Å². The van der Waals surface area contributed by atoms with Crippen molar-refractivity contribution in [2.45, 2.75) is 19.9 Å². The number of nitrogens with one attached hydrogen (secondary N) is 2. The predicted molar refractivity (Wildman–Crippen MR) is 121 cm³/mol. The molecule has 0 bridgehead atoms. The number of rotatable bonds is 8. The normalized spacial score (nSPS) is 13.4. The smallest absolute Gasteiger partial charge is 0.293 e. The summed E-state index contributed by atoms with van der Waals surface area (Å²) in [5.41, 5.74) is 1.30. The van der Waals surface area contributed by atoms with Crippen LogP contribution in [0.2, 0.25) is 0 Å². The van der Waals surface area contributed by atoms with Crippen molar-refractivity contribution in [3.8, 4) is 0 Å². The highest BCUT2D eigenvalue weighted by molar-refractivity contribution is 5.96. The fourth-order valence-corrected chi connectivity index (χ4v) is 3.52. The molecule has 1 saturated heterocycles. The van der Waals surface area contributed by atoms with E-state index in [2.05, 4.69) is 15.6 Å². The van der Waals surface area contributed by atoms with E-state index in [1.807, 2.05) is 4.90 Å². The predicted octanol–water partition coefficient (Wildman–Crippen LogP) is 1.09. The quantitative estimate of drug-likeness (QED) is 0.450. The first kappa shape index (κ1) is 23.6. The summed E-state index contributed by atoms with van der Waals surface area (Å²) in [7, 11) is 0. The largest absolute Gasteiger partial charge is 0.362 e. The number of pyridine rings is 1. The first-order valence-electron chi connectivity index (χ1n) is 10.6. The summed E-state index contributed by atoms with van der Waals surface area (Å²) < 4.78 is 0. The molecule has 0 radical (unpaired) electrons. The lowest BCUT2D eigenvalue weighted by Crippen LogP contribution is -2.48. The van der Waals surface area contributed by atoms with Crippen molar-refractivity contribution < 1.29 is 19.3 Å². The van der Waals surface area contributed by atoms with Crippen LogP contribution in [0.4, 0.5) is 11.4 Å². The SMILES string of the molecule is CC(=O)N1CCN(c2ccc(C(=O)NCCC(=O)NCc3ccncc3)cc2[N+](=O)[O-])CC1. The maximum Gasteiger partial charge on any atom is 0.293 e. The Bertz CT molecular complexity index is 1020. The van der Waals surface area contributed by atoms with Crippen LogP contribution in [0.1, 0.15) is 29.3 Å². The number of carbonyl (C=O) groups is 3. The third kappa shape index (κ3) is 6.48. The van der Waals surface area contributed by atoms with Crippen molar-refractivity contribution in [2.24, 2.45) is 0 Å². The summed E-state index contributed by atoms with van der Waals surface area (Å²) in [6, 6.07) is 7.91. The summed E-state index contributed by atoms with van der Waals surface area (Å²) >= 11 is 0. The zero-order valence-corrected chi connectivity index (χ0v) is 18.3. The lowest BCUT2D eigenvalue weighted by Gasteiger charge is -2.35. The van der Waals surface area contributed by atoms with Crippen molar-refractivity contribution in [3.63, 3.8) is 0 Å². The molecule has 1 aromatic carbocycles. The van der Waals surface area contributed by atoms with Gasteiger partial charge in [0.15, 0.2) is 0 Å².